The number of hydrogen-bond donors (Lipinski definition) is 0. The van der Waals surface area contributed by atoms with E-state index in [1.165, 1.54) is 30.4 Å². The zero-order chi connectivity index (χ0) is 14.9. The van der Waals surface area contributed by atoms with Gasteiger partial charge in [-0.1, -0.05) is 6.08 Å². The molecule has 20 heavy (non-hydrogen) atoms. The molecular weight excluding hydrogens is 364 g/mol. The summed E-state index contributed by atoms with van der Waals surface area (Å²) in [5.41, 5.74) is 0.366. The smallest absolute Gasteiger partial charge is 0.293 e. The fourth-order valence-electron chi connectivity index (χ4n) is 1.68. The topological polar surface area (TPSA) is 66.8 Å². The number of hydrogen-bond acceptors (Lipinski definition) is 4. The van der Waals surface area contributed by atoms with Gasteiger partial charge in [0.05, 0.1) is 26.6 Å². The number of carbonyl (C=O) groups excluding carboxylic acids is 1. The summed E-state index contributed by atoms with van der Waals surface area (Å²) in [5, 5.41) is 0. The third-order valence-electron chi connectivity index (χ3n) is 2.52. The van der Waals surface area contributed by atoms with Crippen LogP contribution >= 0.6 is 27.3 Å². The standard InChI is InChI=1S/C12H11BrN2O3S2/c1-3-6-15-10(8(2)16)7-9(14-20(15,17)18)11-4-5-12(13)19-11/h3-5,7H,1,6H2,2H3. The average molecular weight is 375 g/mol. The minimum absolute atomic E-state index is 0.0126. The lowest BCUT2D eigenvalue weighted by molar-refractivity contribution is -0.114. The van der Waals surface area contributed by atoms with Crippen LogP contribution in [-0.2, 0) is 15.0 Å². The molecule has 1 aliphatic rings. The summed E-state index contributed by atoms with van der Waals surface area (Å²) in [7, 11) is -3.92. The van der Waals surface area contributed by atoms with Crippen molar-refractivity contribution in [1.29, 1.82) is 0 Å². The summed E-state index contributed by atoms with van der Waals surface area (Å²) in [6, 6.07) is 3.55. The molecule has 1 aliphatic heterocycles. The number of nitrogens with zero attached hydrogens (tertiary/aromatic N) is 2. The van der Waals surface area contributed by atoms with Crippen molar-refractivity contribution in [3.63, 3.8) is 0 Å². The van der Waals surface area contributed by atoms with E-state index in [2.05, 4.69) is 26.9 Å². The van der Waals surface area contributed by atoms with Crippen molar-refractivity contribution in [2.45, 2.75) is 6.92 Å². The average Bonchev–Trinajstić information content (AvgIpc) is 2.77. The highest BCUT2D eigenvalue weighted by Crippen LogP contribution is 2.27. The van der Waals surface area contributed by atoms with Gasteiger partial charge >= 0.3 is 10.2 Å². The zero-order valence-corrected chi connectivity index (χ0v) is 13.8. The Bertz CT molecular complexity index is 732. The van der Waals surface area contributed by atoms with Gasteiger partial charge in [-0.2, -0.15) is 8.42 Å². The lowest BCUT2D eigenvalue weighted by Gasteiger charge is -2.25. The summed E-state index contributed by atoms with van der Waals surface area (Å²) in [6.45, 7) is 4.83. The Hall–Kier alpha value is -1.25. The van der Waals surface area contributed by atoms with Crippen molar-refractivity contribution in [3.8, 4) is 0 Å². The summed E-state index contributed by atoms with van der Waals surface area (Å²) in [6.07, 6.45) is 2.90. The lowest BCUT2D eigenvalue weighted by Crippen LogP contribution is -2.35. The van der Waals surface area contributed by atoms with E-state index in [4.69, 9.17) is 0 Å². The van der Waals surface area contributed by atoms with Crippen LogP contribution < -0.4 is 0 Å². The molecule has 0 aromatic carbocycles. The van der Waals surface area contributed by atoms with Crippen LogP contribution in [0.15, 0.2) is 44.7 Å². The highest BCUT2D eigenvalue weighted by Gasteiger charge is 2.30. The molecule has 8 heteroatoms. The van der Waals surface area contributed by atoms with E-state index in [-0.39, 0.29) is 23.7 Å². The lowest BCUT2D eigenvalue weighted by atomic mass is 10.2. The maximum Gasteiger partial charge on any atom is 0.345 e. The molecular formula is C12H11BrN2O3S2. The number of Topliss-reactive ketones (excluding diaryl/α,β-unsaturated/α-hetero) is 1. The van der Waals surface area contributed by atoms with Crippen molar-refractivity contribution in [2.24, 2.45) is 4.40 Å². The van der Waals surface area contributed by atoms with E-state index in [9.17, 15) is 13.2 Å². The third kappa shape index (κ3) is 2.92. The van der Waals surface area contributed by atoms with Gasteiger partial charge in [0.15, 0.2) is 5.78 Å². The van der Waals surface area contributed by atoms with E-state index < -0.39 is 10.2 Å². The highest BCUT2D eigenvalue weighted by molar-refractivity contribution is 9.11. The Morgan fingerprint density at radius 3 is 2.75 bits per heavy atom. The van der Waals surface area contributed by atoms with Gasteiger partial charge in [0.2, 0.25) is 0 Å². The Kier molecular flexibility index (Phi) is 4.26. The third-order valence-corrected chi connectivity index (χ3v) is 5.49. The number of rotatable bonds is 4. The Balaban J connectivity index is 2.56. The first kappa shape index (κ1) is 15.1. The molecule has 0 fully saturated rings. The number of thiophene rings is 1. The molecule has 2 rings (SSSR count). The van der Waals surface area contributed by atoms with Gasteiger partial charge < -0.3 is 0 Å². The molecule has 0 N–H and O–H groups in total. The van der Waals surface area contributed by atoms with Crippen LogP contribution in [0.2, 0.25) is 0 Å². The first-order chi connectivity index (χ1) is 9.35. The van der Waals surface area contributed by atoms with Gasteiger partial charge in [-0.3, -0.25) is 4.79 Å². The summed E-state index contributed by atoms with van der Waals surface area (Å²) >= 11 is 4.66. The molecule has 0 atom stereocenters. The van der Waals surface area contributed by atoms with Crippen molar-refractivity contribution in [1.82, 2.24) is 4.31 Å². The fraction of sp³-hybridized carbons (Fsp3) is 0.167. The second-order valence-corrected chi connectivity index (χ2v) is 7.95. The molecule has 5 nitrogen and oxygen atoms in total. The van der Waals surface area contributed by atoms with Gasteiger partial charge in [0, 0.05) is 6.92 Å². The molecule has 0 bridgehead atoms. The molecule has 1 aromatic rings. The maximum atomic E-state index is 12.2. The van der Waals surface area contributed by atoms with Crippen LogP contribution in [0.4, 0.5) is 0 Å². The number of allylic oxidation sites excluding steroid dienone is 2. The van der Waals surface area contributed by atoms with Crippen molar-refractivity contribution in [3.05, 3.63) is 45.2 Å². The van der Waals surface area contributed by atoms with Gasteiger partial charge in [-0.05, 0) is 34.1 Å². The normalized spacial score (nSPS) is 17.4. The van der Waals surface area contributed by atoms with E-state index in [1.54, 1.807) is 12.1 Å². The van der Waals surface area contributed by atoms with Crippen LogP contribution in [0.1, 0.15) is 11.8 Å². The zero-order valence-electron chi connectivity index (χ0n) is 10.5. The van der Waals surface area contributed by atoms with Crippen molar-refractivity contribution >= 4 is 49.0 Å². The van der Waals surface area contributed by atoms with Gasteiger partial charge in [0.25, 0.3) is 0 Å². The summed E-state index contributed by atoms with van der Waals surface area (Å²) in [4.78, 5) is 12.4. The van der Waals surface area contributed by atoms with E-state index >= 15 is 0 Å². The molecule has 0 saturated carbocycles. The fourth-order valence-corrected chi connectivity index (χ4v) is 4.31. The highest BCUT2D eigenvalue weighted by atomic mass is 79.9. The summed E-state index contributed by atoms with van der Waals surface area (Å²) in [5.74, 6) is -0.335. The van der Waals surface area contributed by atoms with E-state index in [0.29, 0.717) is 4.88 Å². The van der Waals surface area contributed by atoms with E-state index in [1.807, 2.05) is 0 Å². The Morgan fingerprint density at radius 2 is 2.25 bits per heavy atom. The molecule has 0 unspecified atom stereocenters. The molecule has 1 aromatic heterocycles. The first-order valence-corrected chi connectivity index (χ1v) is 8.57. The minimum Gasteiger partial charge on any atom is -0.293 e. The second kappa shape index (κ2) is 5.63. The quantitative estimate of drug-likeness (QED) is 0.760. The Labute approximate surface area is 129 Å². The minimum atomic E-state index is -3.92. The largest absolute Gasteiger partial charge is 0.345 e. The Morgan fingerprint density at radius 1 is 1.55 bits per heavy atom. The molecule has 0 radical (unpaired) electrons. The first-order valence-electron chi connectivity index (χ1n) is 5.57. The maximum absolute atomic E-state index is 12.2. The van der Waals surface area contributed by atoms with Crippen LogP contribution in [0.3, 0.4) is 0 Å². The van der Waals surface area contributed by atoms with Crippen LogP contribution in [0.5, 0.6) is 0 Å². The van der Waals surface area contributed by atoms with Crippen molar-refractivity contribution < 1.29 is 13.2 Å². The van der Waals surface area contributed by atoms with Gasteiger partial charge in [-0.25, -0.2) is 4.31 Å². The van der Waals surface area contributed by atoms with Gasteiger partial charge in [-0.15, -0.1) is 22.3 Å². The molecule has 106 valence electrons. The molecule has 0 saturated heterocycles. The van der Waals surface area contributed by atoms with Crippen LogP contribution in [-0.4, -0.2) is 30.8 Å². The molecule has 0 amide bonds. The molecule has 0 spiro atoms. The molecule has 0 aliphatic carbocycles. The number of ketones is 1. The van der Waals surface area contributed by atoms with Crippen LogP contribution in [0, 0.1) is 0 Å². The monoisotopic (exact) mass is 374 g/mol. The number of halogens is 1. The van der Waals surface area contributed by atoms with Gasteiger partial charge in [0.1, 0.15) is 0 Å². The SMILES string of the molecule is C=CCN1C(C(C)=O)=CC(c2ccc(Br)s2)=NS1(=O)=O. The number of carbonyl (C=O) groups is 1. The van der Waals surface area contributed by atoms with Crippen molar-refractivity contribution in [2.75, 3.05) is 6.54 Å². The summed E-state index contributed by atoms with van der Waals surface area (Å²) < 4.78 is 29.9. The second-order valence-electron chi connectivity index (χ2n) is 3.96. The predicted octanol–water partition coefficient (Wildman–Crippen LogP) is 2.52. The van der Waals surface area contributed by atoms with Crippen LogP contribution in [0.25, 0.3) is 0 Å². The molecule has 2 heterocycles. The predicted molar refractivity (Wildman–Crippen MR) is 83.1 cm³/mol. The van der Waals surface area contributed by atoms with E-state index in [0.717, 1.165) is 8.09 Å².